The number of allylic oxidation sites excluding steroid dienone is 6. The Morgan fingerprint density at radius 2 is 1.90 bits per heavy atom. The maximum Gasteiger partial charge on any atom is 0.0461 e. The molecule has 1 aliphatic rings. The van der Waals surface area contributed by atoms with E-state index < -0.39 is 0 Å². The van der Waals surface area contributed by atoms with Crippen LogP contribution in [-0.4, -0.2) is 0 Å². The number of aryl methyl sites for hydroxylation is 1. The largest absolute Gasteiger partial charge is 0.311 e. The van der Waals surface area contributed by atoms with Gasteiger partial charge in [0.2, 0.25) is 0 Å². The van der Waals surface area contributed by atoms with E-state index in [4.69, 9.17) is 0 Å². The molecule has 1 aromatic carbocycles. The zero-order valence-electron chi connectivity index (χ0n) is 12.0. The molecule has 0 N–H and O–H groups in total. The molecule has 1 heteroatoms. The first-order valence-corrected chi connectivity index (χ1v) is 6.95. The Morgan fingerprint density at radius 1 is 1.15 bits per heavy atom. The third-order valence-electron chi connectivity index (χ3n) is 3.28. The summed E-state index contributed by atoms with van der Waals surface area (Å²) in [5.41, 5.74) is 4.62. The molecule has 0 spiro atoms. The Labute approximate surface area is 121 Å². The summed E-state index contributed by atoms with van der Waals surface area (Å²) >= 11 is 0. The molecule has 0 aromatic heterocycles. The fraction of sp³-hybridized carbons (Fsp3) is 0.158. The Morgan fingerprint density at radius 3 is 2.45 bits per heavy atom. The van der Waals surface area contributed by atoms with Crippen molar-refractivity contribution < 1.29 is 0 Å². The van der Waals surface area contributed by atoms with E-state index in [1.54, 1.807) is 6.08 Å². The van der Waals surface area contributed by atoms with E-state index in [-0.39, 0.29) is 0 Å². The average molecular weight is 263 g/mol. The number of benzene rings is 1. The van der Waals surface area contributed by atoms with Crippen LogP contribution in [0.25, 0.3) is 0 Å². The lowest BCUT2D eigenvalue weighted by Gasteiger charge is -2.28. The first-order valence-electron chi connectivity index (χ1n) is 6.95. The smallest absolute Gasteiger partial charge is 0.0461 e. The molecule has 0 unspecified atom stereocenters. The van der Waals surface area contributed by atoms with Crippen molar-refractivity contribution in [3.63, 3.8) is 0 Å². The van der Waals surface area contributed by atoms with Crippen molar-refractivity contribution in [1.82, 2.24) is 0 Å². The van der Waals surface area contributed by atoms with E-state index in [1.165, 1.54) is 11.3 Å². The molecule has 0 saturated carbocycles. The molecular formula is C19H21N. The number of anilines is 1. The lowest BCUT2D eigenvalue weighted by atomic mass is 10.1. The maximum atomic E-state index is 3.93. The van der Waals surface area contributed by atoms with Gasteiger partial charge >= 0.3 is 0 Å². The minimum Gasteiger partial charge on any atom is -0.311 e. The highest BCUT2D eigenvalue weighted by atomic mass is 15.1. The van der Waals surface area contributed by atoms with Gasteiger partial charge in [0.05, 0.1) is 0 Å². The highest BCUT2D eigenvalue weighted by molar-refractivity contribution is 5.63. The molecule has 2 rings (SSSR count). The number of rotatable bonds is 5. The third-order valence-corrected chi connectivity index (χ3v) is 3.28. The van der Waals surface area contributed by atoms with Crippen LogP contribution in [0.5, 0.6) is 0 Å². The first kappa shape index (κ1) is 14.1. The van der Waals surface area contributed by atoms with E-state index in [0.29, 0.717) is 0 Å². The summed E-state index contributed by atoms with van der Waals surface area (Å²) < 4.78 is 0. The first-order chi connectivity index (χ1) is 9.76. The van der Waals surface area contributed by atoms with Gasteiger partial charge in [-0.1, -0.05) is 49.1 Å². The molecule has 20 heavy (non-hydrogen) atoms. The average Bonchev–Trinajstić information content (AvgIpc) is 2.49. The molecule has 0 atom stereocenters. The summed E-state index contributed by atoms with van der Waals surface area (Å²) in [5.74, 6) is 0. The van der Waals surface area contributed by atoms with Gasteiger partial charge in [0.25, 0.3) is 0 Å². The van der Waals surface area contributed by atoms with Crippen LogP contribution >= 0.6 is 0 Å². The van der Waals surface area contributed by atoms with E-state index in [9.17, 15) is 0 Å². The highest BCUT2D eigenvalue weighted by Gasteiger charge is 2.13. The summed E-state index contributed by atoms with van der Waals surface area (Å²) in [6.45, 7) is 9.82. The van der Waals surface area contributed by atoms with Crippen LogP contribution in [0.15, 0.2) is 85.3 Å². The molecule has 0 bridgehead atoms. The minimum absolute atomic E-state index is 1.03. The lowest BCUT2D eigenvalue weighted by Crippen LogP contribution is -2.20. The van der Waals surface area contributed by atoms with E-state index >= 15 is 0 Å². The van der Waals surface area contributed by atoms with Gasteiger partial charge in [0, 0.05) is 17.1 Å². The molecule has 0 saturated heterocycles. The van der Waals surface area contributed by atoms with E-state index in [2.05, 4.69) is 67.5 Å². The van der Waals surface area contributed by atoms with Crippen LogP contribution in [0.2, 0.25) is 0 Å². The zero-order valence-corrected chi connectivity index (χ0v) is 12.0. The fourth-order valence-corrected chi connectivity index (χ4v) is 2.26. The molecule has 0 heterocycles. The van der Waals surface area contributed by atoms with Gasteiger partial charge in [0.15, 0.2) is 0 Å². The summed E-state index contributed by atoms with van der Waals surface area (Å²) in [5, 5.41) is 0. The van der Waals surface area contributed by atoms with Crippen LogP contribution in [0, 0.1) is 6.92 Å². The Hall–Kier alpha value is -2.28. The third kappa shape index (κ3) is 3.18. The van der Waals surface area contributed by atoms with Crippen molar-refractivity contribution in [1.29, 1.82) is 0 Å². The SMILES string of the molecule is C=C/C=C(\C=C)N(C1=CCCC=C1)c1ccc(C)cc1. The topological polar surface area (TPSA) is 3.24 Å². The number of hydrogen-bond acceptors (Lipinski definition) is 1. The second-order valence-corrected chi connectivity index (χ2v) is 4.81. The van der Waals surface area contributed by atoms with Crippen LogP contribution < -0.4 is 4.90 Å². The van der Waals surface area contributed by atoms with Crippen molar-refractivity contribution in [2.24, 2.45) is 0 Å². The predicted molar refractivity (Wildman–Crippen MR) is 88.6 cm³/mol. The van der Waals surface area contributed by atoms with Gasteiger partial charge in [-0.05, 0) is 50.1 Å². The summed E-state index contributed by atoms with van der Waals surface area (Å²) in [6.07, 6.45) is 14.5. The van der Waals surface area contributed by atoms with E-state index in [0.717, 1.165) is 24.2 Å². The molecule has 1 aliphatic carbocycles. The highest BCUT2D eigenvalue weighted by Crippen LogP contribution is 2.28. The normalized spacial score (nSPS) is 14.7. The van der Waals surface area contributed by atoms with Gasteiger partial charge in [-0.25, -0.2) is 0 Å². The Kier molecular flexibility index (Phi) is 4.78. The fourth-order valence-electron chi connectivity index (χ4n) is 2.26. The standard InChI is InChI=1S/C19H21N/c1-4-9-17(5-2)20(18-10-7-6-8-11-18)19-14-12-16(3)13-15-19/h4-5,7,9-15H,1-2,6,8H2,3H3/b17-9+. The Bertz CT molecular complexity index is 570. The van der Waals surface area contributed by atoms with Crippen molar-refractivity contribution in [2.45, 2.75) is 19.8 Å². The maximum absolute atomic E-state index is 3.93. The van der Waals surface area contributed by atoms with Gasteiger partial charge in [0.1, 0.15) is 0 Å². The van der Waals surface area contributed by atoms with Gasteiger partial charge < -0.3 is 4.90 Å². The van der Waals surface area contributed by atoms with Gasteiger partial charge in [-0.15, -0.1) is 0 Å². The summed E-state index contributed by atoms with van der Waals surface area (Å²) in [4.78, 5) is 2.21. The van der Waals surface area contributed by atoms with Crippen LogP contribution in [0.4, 0.5) is 5.69 Å². The minimum atomic E-state index is 1.03. The van der Waals surface area contributed by atoms with Crippen LogP contribution in [0.3, 0.4) is 0 Å². The second-order valence-electron chi connectivity index (χ2n) is 4.81. The quantitative estimate of drug-likeness (QED) is 0.652. The van der Waals surface area contributed by atoms with Gasteiger partial charge in [-0.2, -0.15) is 0 Å². The van der Waals surface area contributed by atoms with Gasteiger partial charge in [-0.3, -0.25) is 0 Å². The van der Waals surface area contributed by atoms with Crippen molar-refractivity contribution in [3.8, 4) is 0 Å². The zero-order chi connectivity index (χ0) is 14.4. The van der Waals surface area contributed by atoms with Crippen LogP contribution in [0.1, 0.15) is 18.4 Å². The molecule has 0 radical (unpaired) electrons. The lowest BCUT2D eigenvalue weighted by molar-refractivity contribution is 0.986. The summed E-state index contributed by atoms with van der Waals surface area (Å²) in [6, 6.07) is 8.53. The van der Waals surface area contributed by atoms with Crippen molar-refractivity contribution in [3.05, 3.63) is 90.8 Å². The van der Waals surface area contributed by atoms with Crippen molar-refractivity contribution in [2.75, 3.05) is 4.90 Å². The monoisotopic (exact) mass is 263 g/mol. The molecule has 1 nitrogen and oxygen atoms in total. The van der Waals surface area contributed by atoms with E-state index in [1.807, 2.05) is 12.2 Å². The van der Waals surface area contributed by atoms with Crippen LogP contribution in [-0.2, 0) is 0 Å². The molecule has 102 valence electrons. The molecule has 0 aliphatic heterocycles. The second kappa shape index (κ2) is 6.76. The molecule has 1 aromatic rings. The summed E-state index contributed by atoms with van der Waals surface area (Å²) in [7, 11) is 0. The number of nitrogens with zero attached hydrogens (tertiary/aromatic N) is 1. The number of hydrogen-bond donors (Lipinski definition) is 0. The Balaban J connectivity index is 2.48. The predicted octanol–water partition coefficient (Wildman–Crippen LogP) is 5.29. The molecular weight excluding hydrogens is 242 g/mol. The van der Waals surface area contributed by atoms with Crippen molar-refractivity contribution >= 4 is 5.69 Å². The molecule has 0 fully saturated rings. The molecule has 0 amide bonds.